The molecular weight excluding hydrogens is 372 g/mol. The highest BCUT2D eigenvalue weighted by Crippen LogP contribution is 2.22. The van der Waals surface area contributed by atoms with Crippen molar-refractivity contribution in [3.05, 3.63) is 120 Å². The van der Waals surface area contributed by atoms with Crippen LogP contribution in [0.2, 0.25) is 0 Å². The van der Waals surface area contributed by atoms with Gasteiger partial charge in [0.25, 0.3) is 0 Å². The second-order valence-corrected chi connectivity index (χ2v) is 6.83. The van der Waals surface area contributed by atoms with Crippen LogP contribution in [-0.2, 0) is 6.54 Å². The summed E-state index contributed by atoms with van der Waals surface area (Å²) < 4.78 is 0. The fourth-order valence-corrected chi connectivity index (χ4v) is 3.36. The molecule has 0 aliphatic heterocycles. The number of aromatic nitrogens is 2. The molecule has 0 aliphatic rings. The molecule has 4 rings (SSSR count). The number of hydrogen-bond donors (Lipinski definition) is 2. The van der Waals surface area contributed by atoms with E-state index in [1.54, 1.807) is 18.6 Å². The van der Waals surface area contributed by atoms with Crippen molar-refractivity contribution in [2.24, 2.45) is 0 Å². The molecule has 5 heteroatoms. The predicted molar refractivity (Wildman–Crippen MR) is 118 cm³/mol. The van der Waals surface area contributed by atoms with Gasteiger partial charge in [0.2, 0.25) is 0 Å². The van der Waals surface area contributed by atoms with Gasteiger partial charge in [-0.2, -0.15) is 0 Å². The van der Waals surface area contributed by atoms with Crippen molar-refractivity contribution in [3.63, 3.8) is 0 Å². The summed E-state index contributed by atoms with van der Waals surface area (Å²) in [6, 6.07) is 27.1. The Morgan fingerprint density at radius 2 is 1.40 bits per heavy atom. The fourth-order valence-electron chi connectivity index (χ4n) is 3.36. The Morgan fingerprint density at radius 3 is 2.03 bits per heavy atom. The minimum absolute atomic E-state index is 0.235. The predicted octanol–water partition coefficient (Wildman–Crippen LogP) is 4.73. The highest BCUT2D eigenvalue weighted by Gasteiger charge is 2.16. The molecule has 30 heavy (non-hydrogen) atoms. The smallest absolute Gasteiger partial charge is 0.315 e. The molecule has 0 aliphatic carbocycles. The normalized spacial score (nSPS) is 10.6. The Labute approximate surface area is 175 Å². The summed E-state index contributed by atoms with van der Waals surface area (Å²) in [6.45, 7) is 0.369. The Balaban J connectivity index is 1.49. The van der Waals surface area contributed by atoms with Gasteiger partial charge in [-0.05, 0) is 34.9 Å². The van der Waals surface area contributed by atoms with Crippen LogP contribution in [0.1, 0.15) is 22.7 Å². The highest BCUT2D eigenvalue weighted by molar-refractivity contribution is 5.75. The second kappa shape index (κ2) is 9.47. The van der Waals surface area contributed by atoms with Crippen molar-refractivity contribution in [1.82, 2.24) is 20.6 Å². The maximum absolute atomic E-state index is 12.8. The molecule has 0 radical (unpaired) electrons. The molecule has 2 aromatic heterocycles. The molecule has 0 saturated carbocycles. The third kappa shape index (κ3) is 4.70. The van der Waals surface area contributed by atoms with Gasteiger partial charge >= 0.3 is 6.03 Å². The molecule has 148 valence electrons. The van der Waals surface area contributed by atoms with E-state index in [1.807, 2.05) is 84.9 Å². The number of rotatable bonds is 6. The minimum Gasteiger partial charge on any atom is -0.334 e. The monoisotopic (exact) mass is 394 g/mol. The molecule has 0 saturated heterocycles. The van der Waals surface area contributed by atoms with Gasteiger partial charge in [-0.25, -0.2) is 4.79 Å². The van der Waals surface area contributed by atoms with Crippen molar-refractivity contribution in [2.75, 3.05) is 0 Å². The Kier molecular flexibility index (Phi) is 6.11. The summed E-state index contributed by atoms with van der Waals surface area (Å²) in [4.78, 5) is 21.3. The lowest BCUT2D eigenvalue weighted by Gasteiger charge is -2.20. The number of pyridine rings is 2. The van der Waals surface area contributed by atoms with Gasteiger partial charge in [0.15, 0.2) is 0 Å². The standard InChI is InChI=1S/C25H22N4O/c30-25(28-18-22-12-7-15-27-23(22)21-13-16-26-17-14-21)29-24(19-8-3-1-4-9-19)20-10-5-2-6-11-20/h1-17,24H,18H2,(H2,28,29,30). The van der Waals surface area contributed by atoms with Crippen LogP contribution in [0.15, 0.2) is 104 Å². The van der Waals surface area contributed by atoms with Crippen LogP contribution in [0.4, 0.5) is 4.79 Å². The van der Waals surface area contributed by atoms with E-state index >= 15 is 0 Å². The lowest BCUT2D eigenvalue weighted by molar-refractivity contribution is 0.238. The first-order valence-corrected chi connectivity index (χ1v) is 9.80. The van der Waals surface area contributed by atoms with E-state index in [9.17, 15) is 4.79 Å². The van der Waals surface area contributed by atoms with Crippen LogP contribution in [0.25, 0.3) is 11.3 Å². The first kappa shape index (κ1) is 19.3. The third-order valence-electron chi connectivity index (χ3n) is 4.83. The molecule has 0 atom stereocenters. The lowest BCUT2D eigenvalue weighted by atomic mass is 9.99. The van der Waals surface area contributed by atoms with E-state index in [4.69, 9.17) is 0 Å². The van der Waals surface area contributed by atoms with Crippen LogP contribution in [0.3, 0.4) is 0 Å². The average molecular weight is 394 g/mol. The molecule has 5 nitrogen and oxygen atoms in total. The van der Waals surface area contributed by atoms with Gasteiger partial charge in [0.05, 0.1) is 11.7 Å². The van der Waals surface area contributed by atoms with Gasteiger partial charge in [-0.1, -0.05) is 66.7 Å². The zero-order chi connectivity index (χ0) is 20.6. The Bertz CT molecular complexity index is 1050. The van der Waals surface area contributed by atoms with Crippen LogP contribution in [0.5, 0.6) is 0 Å². The number of carbonyl (C=O) groups excluding carboxylic acids is 1. The molecule has 0 fully saturated rings. The first-order chi connectivity index (χ1) is 14.8. The molecule has 0 spiro atoms. The molecule has 0 bridgehead atoms. The zero-order valence-electron chi connectivity index (χ0n) is 16.4. The van der Waals surface area contributed by atoms with E-state index < -0.39 is 0 Å². The van der Waals surface area contributed by atoms with Gasteiger partial charge in [0, 0.05) is 30.7 Å². The molecule has 2 amide bonds. The SMILES string of the molecule is O=C(NCc1cccnc1-c1ccncc1)NC(c1ccccc1)c1ccccc1. The Morgan fingerprint density at radius 1 is 0.767 bits per heavy atom. The fraction of sp³-hybridized carbons (Fsp3) is 0.0800. The summed E-state index contributed by atoms with van der Waals surface area (Å²) in [6.07, 6.45) is 5.22. The summed E-state index contributed by atoms with van der Waals surface area (Å²) in [5.74, 6) is 0. The van der Waals surface area contributed by atoms with Crippen LogP contribution in [-0.4, -0.2) is 16.0 Å². The number of nitrogens with one attached hydrogen (secondary N) is 2. The van der Waals surface area contributed by atoms with E-state index in [1.165, 1.54) is 0 Å². The molecule has 2 aromatic carbocycles. The molecular formula is C25H22N4O. The Hall–Kier alpha value is -3.99. The van der Waals surface area contributed by atoms with Crippen LogP contribution >= 0.6 is 0 Å². The number of nitrogens with zero attached hydrogens (tertiary/aromatic N) is 2. The van der Waals surface area contributed by atoms with Gasteiger partial charge in [-0.3, -0.25) is 9.97 Å². The third-order valence-corrected chi connectivity index (χ3v) is 4.83. The average Bonchev–Trinajstić information content (AvgIpc) is 2.83. The van der Waals surface area contributed by atoms with Gasteiger partial charge < -0.3 is 10.6 Å². The van der Waals surface area contributed by atoms with Crippen molar-refractivity contribution in [3.8, 4) is 11.3 Å². The van der Waals surface area contributed by atoms with Crippen LogP contribution < -0.4 is 10.6 Å². The minimum atomic E-state index is -0.239. The van der Waals surface area contributed by atoms with Crippen molar-refractivity contribution < 1.29 is 4.79 Å². The largest absolute Gasteiger partial charge is 0.334 e. The lowest BCUT2D eigenvalue weighted by Crippen LogP contribution is -2.38. The molecule has 2 heterocycles. The maximum atomic E-state index is 12.8. The van der Waals surface area contributed by atoms with E-state index in [-0.39, 0.29) is 12.1 Å². The summed E-state index contributed by atoms with van der Waals surface area (Å²) >= 11 is 0. The van der Waals surface area contributed by atoms with Gasteiger partial charge in [0.1, 0.15) is 0 Å². The highest BCUT2D eigenvalue weighted by atomic mass is 16.2. The van der Waals surface area contributed by atoms with Crippen molar-refractivity contribution >= 4 is 6.03 Å². The van der Waals surface area contributed by atoms with Gasteiger partial charge in [-0.15, -0.1) is 0 Å². The number of urea groups is 1. The number of benzene rings is 2. The van der Waals surface area contributed by atoms with Crippen molar-refractivity contribution in [1.29, 1.82) is 0 Å². The number of carbonyl (C=O) groups is 1. The van der Waals surface area contributed by atoms with E-state index in [2.05, 4.69) is 20.6 Å². The van der Waals surface area contributed by atoms with E-state index in [0.29, 0.717) is 6.54 Å². The van der Waals surface area contributed by atoms with Crippen molar-refractivity contribution in [2.45, 2.75) is 12.6 Å². The zero-order valence-corrected chi connectivity index (χ0v) is 16.4. The topological polar surface area (TPSA) is 66.9 Å². The maximum Gasteiger partial charge on any atom is 0.315 e. The second-order valence-electron chi connectivity index (χ2n) is 6.83. The van der Waals surface area contributed by atoms with Crippen LogP contribution in [0, 0.1) is 0 Å². The summed E-state index contributed by atoms with van der Waals surface area (Å²) in [5, 5.41) is 6.07. The number of amides is 2. The summed E-state index contributed by atoms with van der Waals surface area (Å²) in [5.41, 5.74) is 4.79. The number of hydrogen-bond acceptors (Lipinski definition) is 3. The van der Waals surface area contributed by atoms with E-state index in [0.717, 1.165) is 27.9 Å². The molecule has 4 aromatic rings. The first-order valence-electron chi connectivity index (χ1n) is 9.80. The molecule has 0 unspecified atom stereocenters. The molecule has 2 N–H and O–H groups in total. The quantitative estimate of drug-likeness (QED) is 0.497. The summed E-state index contributed by atoms with van der Waals surface area (Å²) in [7, 11) is 0.